The molecule has 2 heterocycles. The Labute approximate surface area is 540 Å². The van der Waals surface area contributed by atoms with E-state index in [9.17, 15) is 29.1 Å². The molecule has 0 bridgehead atoms. The van der Waals surface area contributed by atoms with Gasteiger partial charge in [0.05, 0.1) is 42.9 Å². The van der Waals surface area contributed by atoms with E-state index in [-0.39, 0.29) is 73.8 Å². The van der Waals surface area contributed by atoms with Crippen molar-refractivity contribution in [1.29, 1.82) is 0 Å². The molecule has 0 aliphatic carbocycles. The lowest BCUT2D eigenvalue weighted by Crippen LogP contribution is -2.44. The number of nitrogens with one attached hydrogen (secondary N) is 5. The summed E-state index contributed by atoms with van der Waals surface area (Å²) in [6, 6.07) is 5.06. The van der Waals surface area contributed by atoms with E-state index < -0.39 is 40.8 Å². The third-order valence-corrected chi connectivity index (χ3v) is 16.2. The summed E-state index contributed by atoms with van der Waals surface area (Å²) in [6.07, 6.45) is 43.1. The number of amides is 3. The van der Waals surface area contributed by atoms with E-state index in [0.29, 0.717) is 50.8 Å². The van der Waals surface area contributed by atoms with Crippen LogP contribution in [0.3, 0.4) is 0 Å². The first-order valence-electron chi connectivity index (χ1n) is 35.0. The number of carbonyl (C=O) groups excluding carboxylic acids is 3. The van der Waals surface area contributed by atoms with Crippen LogP contribution in [0.2, 0.25) is 0 Å². The first-order valence-corrected chi connectivity index (χ1v) is 35.0. The summed E-state index contributed by atoms with van der Waals surface area (Å²) in [6.45, 7) is 15.2. The van der Waals surface area contributed by atoms with Crippen molar-refractivity contribution in [2.24, 2.45) is 0 Å². The largest absolute Gasteiger partial charge is 0.480 e. The summed E-state index contributed by atoms with van der Waals surface area (Å²) < 4.78 is 30.4. The van der Waals surface area contributed by atoms with Crippen LogP contribution in [-0.4, -0.2) is 125 Å². The second-order valence-electron chi connectivity index (χ2n) is 25.8. The van der Waals surface area contributed by atoms with Crippen LogP contribution < -0.4 is 32.6 Å². The molecule has 20 nitrogen and oxygen atoms in total. The lowest BCUT2D eigenvalue weighted by molar-refractivity contribution is -0.139. The van der Waals surface area contributed by atoms with Gasteiger partial charge in [0.25, 0.3) is 11.5 Å². The van der Waals surface area contributed by atoms with Crippen molar-refractivity contribution in [1.82, 2.24) is 35.9 Å². The fraction of sp³-hybridized carbons (Fsp3) is 0.771. The zero-order valence-corrected chi connectivity index (χ0v) is 56.6. The van der Waals surface area contributed by atoms with Gasteiger partial charge in [-0.25, -0.2) is 19.6 Å². The number of carboxylic acids is 1. The Morgan fingerprint density at radius 2 is 1.14 bits per heavy atom. The molecule has 3 aromatic rings. The summed E-state index contributed by atoms with van der Waals surface area (Å²) in [4.78, 5) is 77.8. The van der Waals surface area contributed by atoms with Gasteiger partial charge in [0.15, 0.2) is 11.2 Å². The molecule has 2 unspecified atom stereocenters. The van der Waals surface area contributed by atoms with Crippen LogP contribution in [0.4, 0.5) is 16.4 Å². The Morgan fingerprint density at radius 1 is 0.622 bits per heavy atom. The normalized spacial score (nSPS) is 12.5. The topological polar surface area (TPSA) is 280 Å². The number of hydrogen-bond donors (Lipinski definition) is 7. The molecule has 8 N–H and O–H groups in total. The van der Waals surface area contributed by atoms with E-state index in [2.05, 4.69) is 55.1 Å². The Kier molecular flexibility index (Phi) is 43.1. The second-order valence-corrected chi connectivity index (χ2v) is 25.8. The number of alkyl carbamates (subject to hydrolysis) is 1. The molecule has 0 aliphatic rings. The Bertz CT molecular complexity index is 2420. The van der Waals surface area contributed by atoms with Crippen molar-refractivity contribution in [2.45, 2.75) is 296 Å². The number of ether oxygens (including phenoxy) is 5. The number of aromatic amines is 1. The third kappa shape index (κ3) is 39.7. The molecule has 0 aliphatic heterocycles. The van der Waals surface area contributed by atoms with E-state index in [1.54, 1.807) is 12.1 Å². The molecular formula is C70H121N9O11. The van der Waals surface area contributed by atoms with Gasteiger partial charge in [-0.2, -0.15) is 4.98 Å². The maximum Gasteiger partial charge on any atom is 0.407 e. The molecule has 90 heavy (non-hydrogen) atoms. The smallest absolute Gasteiger partial charge is 0.407 e. The molecular weight excluding hydrogens is 1140 g/mol. The van der Waals surface area contributed by atoms with Crippen molar-refractivity contribution < 1.29 is 48.0 Å². The van der Waals surface area contributed by atoms with Crippen molar-refractivity contribution >= 4 is 46.7 Å². The highest BCUT2D eigenvalue weighted by atomic mass is 16.6. The molecule has 2 aromatic heterocycles. The maximum absolute atomic E-state index is 13.0. The fourth-order valence-electron chi connectivity index (χ4n) is 10.5. The zero-order chi connectivity index (χ0) is 65.3. The van der Waals surface area contributed by atoms with Gasteiger partial charge in [-0.15, -0.1) is 0 Å². The van der Waals surface area contributed by atoms with Crippen LogP contribution in [0.15, 0.2) is 35.3 Å². The van der Waals surface area contributed by atoms with Gasteiger partial charge >= 0.3 is 12.1 Å². The number of nitrogen functional groups attached to an aromatic ring is 1. The van der Waals surface area contributed by atoms with Crippen molar-refractivity contribution in [3.8, 4) is 0 Å². The zero-order valence-electron chi connectivity index (χ0n) is 56.6. The van der Waals surface area contributed by atoms with Crippen LogP contribution in [0.25, 0.3) is 11.2 Å². The first-order chi connectivity index (χ1) is 43.5. The van der Waals surface area contributed by atoms with Gasteiger partial charge in [0.1, 0.15) is 18.8 Å². The number of H-pyrrole nitrogens is 1. The van der Waals surface area contributed by atoms with Gasteiger partial charge < -0.3 is 55.8 Å². The molecule has 3 amide bonds. The van der Waals surface area contributed by atoms with E-state index >= 15 is 0 Å². The molecule has 512 valence electrons. The number of benzene rings is 1. The SMILES string of the molecule is CCCCCCCCCCCCCCCCCCOCC(COC(=O)NCC(C)(C)OCC(C)(C)OCCCNC(=O)CCC(NC(=O)c1ccc(NCc2cnc3nc(N)[nH]c(=O)c3n2)cc1)C(=O)O)OCCCCCCCCCCCCCCCCCC. The summed E-state index contributed by atoms with van der Waals surface area (Å²) >= 11 is 0. The quantitative estimate of drug-likeness (QED) is 0.0259. The first kappa shape index (κ1) is 78.8. The van der Waals surface area contributed by atoms with Crippen molar-refractivity contribution in [3.63, 3.8) is 0 Å². The lowest BCUT2D eigenvalue weighted by atomic mass is 10.0. The lowest BCUT2D eigenvalue weighted by Gasteiger charge is -2.32. The van der Waals surface area contributed by atoms with Gasteiger partial charge in [0.2, 0.25) is 11.9 Å². The monoisotopic (exact) mass is 1260 g/mol. The second kappa shape index (κ2) is 49.2. The molecule has 3 rings (SSSR count). The minimum absolute atomic E-state index is 0.0539. The van der Waals surface area contributed by atoms with Gasteiger partial charge in [-0.3, -0.25) is 19.4 Å². The standard InChI is InChI=1S/C70H121N9O11/c1-7-9-11-13-15-17-19-21-23-25-27-29-31-33-35-37-47-86-52-59(87-48-38-36-34-32-30-28-26-24-22-20-18-16-14-12-10-8-2)53-88-68(85)75-54-69(3,4)90-55-70(5,6)89-49-39-46-72-61(80)45-44-60(66(83)84)77-64(81)56-40-42-57(43-41-56)73-50-58-51-74-63-62(76-58)65(82)79-67(71)78-63/h40-43,51,59-60,73H,7-39,44-50,52-55H2,1-6H3,(H,72,80)(H,75,85)(H,77,81)(H,83,84)(H3,71,74,78,79,82). The average Bonchev–Trinajstić information content (AvgIpc) is 2.09. The number of carbonyl (C=O) groups is 4. The highest BCUT2D eigenvalue weighted by Crippen LogP contribution is 2.19. The Balaban J connectivity index is 1.29. The highest BCUT2D eigenvalue weighted by molar-refractivity contribution is 5.97. The minimum Gasteiger partial charge on any atom is -0.480 e. The van der Waals surface area contributed by atoms with Crippen LogP contribution in [-0.2, 0) is 39.8 Å². The predicted octanol–water partition coefficient (Wildman–Crippen LogP) is 14.6. The summed E-state index contributed by atoms with van der Waals surface area (Å²) in [5.74, 6) is -2.28. The van der Waals surface area contributed by atoms with Gasteiger partial charge in [0, 0.05) is 50.6 Å². The van der Waals surface area contributed by atoms with Crippen molar-refractivity contribution in [2.75, 3.05) is 63.8 Å². The number of aliphatic carboxylic acids is 1. The molecule has 0 radical (unpaired) electrons. The summed E-state index contributed by atoms with van der Waals surface area (Å²) in [7, 11) is 0. The van der Waals surface area contributed by atoms with Crippen LogP contribution in [0.5, 0.6) is 0 Å². The van der Waals surface area contributed by atoms with E-state index in [1.807, 2.05) is 27.7 Å². The summed E-state index contributed by atoms with van der Waals surface area (Å²) in [5.41, 5.74) is 5.17. The highest BCUT2D eigenvalue weighted by Gasteiger charge is 2.27. The maximum atomic E-state index is 13.0. The molecule has 0 saturated carbocycles. The van der Waals surface area contributed by atoms with Gasteiger partial charge in [-0.1, -0.05) is 206 Å². The van der Waals surface area contributed by atoms with Crippen LogP contribution in [0, 0.1) is 0 Å². The van der Waals surface area contributed by atoms with Crippen LogP contribution in [0.1, 0.15) is 282 Å². The van der Waals surface area contributed by atoms with Gasteiger partial charge in [-0.05, 0) is 77.6 Å². The number of hydrogen-bond acceptors (Lipinski definition) is 15. The number of fused-ring (bicyclic) bond motifs is 1. The van der Waals surface area contributed by atoms with E-state index in [0.717, 1.165) is 25.7 Å². The predicted molar refractivity (Wildman–Crippen MR) is 361 cm³/mol. The van der Waals surface area contributed by atoms with E-state index in [1.165, 1.54) is 198 Å². The Morgan fingerprint density at radius 3 is 1.68 bits per heavy atom. The minimum atomic E-state index is -1.29. The molecule has 0 fully saturated rings. The molecule has 1 aromatic carbocycles. The molecule has 0 spiro atoms. The number of unbranched alkanes of at least 4 members (excludes halogenated alkanes) is 30. The summed E-state index contributed by atoms with van der Waals surface area (Å²) in [5, 5.41) is 21.1. The Hall–Kier alpha value is -5.44. The van der Waals surface area contributed by atoms with E-state index in [4.69, 9.17) is 29.4 Å². The molecule has 2 atom stereocenters. The number of rotatable bonds is 58. The molecule has 20 heteroatoms. The number of aromatic nitrogens is 4. The number of nitrogens with zero attached hydrogens (tertiary/aromatic N) is 3. The molecule has 0 saturated heterocycles. The number of nitrogens with two attached hydrogens (primary N) is 1. The average molecular weight is 1260 g/mol. The number of anilines is 2. The third-order valence-electron chi connectivity index (χ3n) is 16.2. The number of carboxylic acid groups (broad SMARTS) is 1. The van der Waals surface area contributed by atoms with Crippen LogP contribution >= 0.6 is 0 Å². The fourth-order valence-corrected chi connectivity index (χ4v) is 10.5. The van der Waals surface area contributed by atoms with Crippen molar-refractivity contribution in [3.05, 3.63) is 52.1 Å².